The van der Waals surface area contributed by atoms with Gasteiger partial charge >= 0.3 is 0 Å². The fourth-order valence-corrected chi connectivity index (χ4v) is 2.04. The maximum absolute atomic E-state index is 9.86. The third-order valence-electron chi connectivity index (χ3n) is 3.22. The smallest absolute Gasteiger partial charge is 0.128 e. The number of aliphatic hydroxyl groups excluding tert-OH is 1. The molecule has 0 bridgehead atoms. The van der Waals surface area contributed by atoms with Crippen molar-refractivity contribution in [3.8, 4) is 5.75 Å². The molecule has 0 aromatic heterocycles. The van der Waals surface area contributed by atoms with Gasteiger partial charge < -0.3 is 9.84 Å². The monoisotopic (exact) mass is 206 g/mol. The molecule has 0 saturated carbocycles. The fourth-order valence-electron chi connectivity index (χ4n) is 2.04. The number of para-hydroxylation sites is 1. The van der Waals surface area contributed by atoms with Gasteiger partial charge in [-0.1, -0.05) is 32.0 Å². The topological polar surface area (TPSA) is 29.5 Å². The molecule has 0 saturated heterocycles. The number of benzene rings is 1. The van der Waals surface area contributed by atoms with Crippen molar-refractivity contribution in [2.45, 2.75) is 38.7 Å². The van der Waals surface area contributed by atoms with Crippen molar-refractivity contribution in [1.29, 1.82) is 0 Å². The highest BCUT2D eigenvalue weighted by molar-refractivity contribution is 5.45. The maximum atomic E-state index is 9.86. The van der Waals surface area contributed by atoms with Crippen LogP contribution in [0.25, 0.3) is 0 Å². The lowest BCUT2D eigenvalue weighted by atomic mass is 9.92. The van der Waals surface area contributed by atoms with Crippen LogP contribution in [0.3, 0.4) is 0 Å². The van der Waals surface area contributed by atoms with Crippen LogP contribution in [0.4, 0.5) is 0 Å². The Bertz CT molecular complexity index is 346. The Morgan fingerprint density at radius 2 is 2.33 bits per heavy atom. The van der Waals surface area contributed by atoms with Gasteiger partial charge in [-0.2, -0.15) is 0 Å². The number of ether oxygens (including phenoxy) is 1. The Morgan fingerprint density at radius 1 is 1.53 bits per heavy atom. The van der Waals surface area contributed by atoms with Gasteiger partial charge in [-0.3, -0.25) is 0 Å². The summed E-state index contributed by atoms with van der Waals surface area (Å²) in [5, 5.41) is 9.86. The summed E-state index contributed by atoms with van der Waals surface area (Å²) in [6.07, 6.45) is 1.45. The molecule has 0 aliphatic carbocycles. The van der Waals surface area contributed by atoms with Gasteiger partial charge in [0.15, 0.2) is 0 Å². The largest absolute Gasteiger partial charge is 0.493 e. The molecule has 1 heterocycles. The van der Waals surface area contributed by atoms with Crippen LogP contribution in [0.2, 0.25) is 0 Å². The summed E-state index contributed by atoms with van der Waals surface area (Å²) in [7, 11) is 0. The SMILES string of the molecule is CCC(C)c1cccc2c1OCCC2O. The van der Waals surface area contributed by atoms with Crippen LogP contribution >= 0.6 is 0 Å². The molecule has 0 fully saturated rings. The third kappa shape index (κ3) is 1.86. The molecular weight excluding hydrogens is 188 g/mol. The van der Waals surface area contributed by atoms with E-state index in [0.717, 1.165) is 17.7 Å². The zero-order chi connectivity index (χ0) is 10.8. The lowest BCUT2D eigenvalue weighted by Gasteiger charge is -2.26. The summed E-state index contributed by atoms with van der Waals surface area (Å²) in [5.41, 5.74) is 2.19. The van der Waals surface area contributed by atoms with Gasteiger partial charge in [0.1, 0.15) is 5.75 Å². The second kappa shape index (κ2) is 4.23. The van der Waals surface area contributed by atoms with Crippen LogP contribution in [-0.2, 0) is 0 Å². The van der Waals surface area contributed by atoms with Crippen molar-refractivity contribution >= 4 is 0 Å². The number of rotatable bonds is 2. The molecule has 82 valence electrons. The molecule has 2 rings (SSSR count). The molecule has 2 unspecified atom stereocenters. The molecule has 0 spiro atoms. The molecule has 1 aromatic rings. The van der Waals surface area contributed by atoms with E-state index in [9.17, 15) is 5.11 Å². The maximum Gasteiger partial charge on any atom is 0.128 e. The van der Waals surface area contributed by atoms with Crippen molar-refractivity contribution in [2.75, 3.05) is 6.61 Å². The van der Waals surface area contributed by atoms with Crippen LogP contribution < -0.4 is 4.74 Å². The summed E-state index contributed by atoms with van der Waals surface area (Å²) in [4.78, 5) is 0. The highest BCUT2D eigenvalue weighted by atomic mass is 16.5. The highest BCUT2D eigenvalue weighted by Crippen LogP contribution is 2.38. The average molecular weight is 206 g/mol. The minimum atomic E-state index is -0.349. The van der Waals surface area contributed by atoms with E-state index in [1.807, 2.05) is 12.1 Å². The van der Waals surface area contributed by atoms with E-state index in [0.29, 0.717) is 18.9 Å². The first-order valence-corrected chi connectivity index (χ1v) is 5.67. The molecule has 2 atom stereocenters. The number of aliphatic hydroxyl groups is 1. The van der Waals surface area contributed by atoms with Crippen LogP contribution in [-0.4, -0.2) is 11.7 Å². The molecular formula is C13H18O2. The van der Waals surface area contributed by atoms with Gasteiger partial charge in [-0.15, -0.1) is 0 Å². The lowest BCUT2D eigenvalue weighted by molar-refractivity contribution is 0.114. The zero-order valence-electron chi connectivity index (χ0n) is 9.36. The molecule has 1 aliphatic rings. The molecule has 1 aliphatic heterocycles. The predicted octanol–water partition coefficient (Wildman–Crippen LogP) is 3.02. The fraction of sp³-hybridized carbons (Fsp3) is 0.538. The summed E-state index contributed by atoms with van der Waals surface area (Å²) < 4.78 is 5.69. The molecule has 2 nitrogen and oxygen atoms in total. The summed E-state index contributed by atoms with van der Waals surface area (Å²) in [6.45, 7) is 4.99. The lowest BCUT2D eigenvalue weighted by Crippen LogP contribution is -2.15. The normalized spacial score (nSPS) is 21.7. The second-order valence-corrected chi connectivity index (χ2v) is 4.23. The van der Waals surface area contributed by atoms with E-state index in [2.05, 4.69) is 19.9 Å². The number of hydrogen-bond donors (Lipinski definition) is 1. The second-order valence-electron chi connectivity index (χ2n) is 4.23. The van der Waals surface area contributed by atoms with Gasteiger partial charge in [0.05, 0.1) is 12.7 Å². The minimum Gasteiger partial charge on any atom is -0.493 e. The van der Waals surface area contributed by atoms with E-state index in [1.165, 1.54) is 5.56 Å². The molecule has 2 heteroatoms. The molecule has 1 N–H and O–H groups in total. The Morgan fingerprint density at radius 3 is 3.07 bits per heavy atom. The van der Waals surface area contributed by atoms with Crippen molar-refractivity contribution < 1.29 is 9.84 Å². The summed E-state index contributed by atoms with van der Waals surface area (Å²) >= 11 is 0. The standard InChI is InChI=1S/C13H18O2/c1-3-9(2)10-5-4-6-11-12(14)7-8-15-13(10)11/h4-6,9,12,14H,3,7-8H2,1-2H3. The van der Waals surface area contributed by atoms with Crippen LogP contribution in [0.5, 0.6) is 5.75 Å². The third-order valence-corrected chi connectivity index (χ3v) is 3.22. The number of hydrogen-bond acceptors (Lipinski definition) is 2. The quantitative estimate of drug-likeness (QED) is 0.806. The van der Waals surface area contributed by atoms with Crippen LogP contribution in [0, 0.1) is 0 Å². The summed E-state index contributed by atoms with van der Waals surface area (Å²) in [5.74, 6) is 1.41. The minimum absolute atomic E-state index is 0.349. The zero-order valence-corrected chi connectivity index (χ0v) is 9.36. The van der Waals surface area contributed by atoms with Gasteiger partial charge in [0.2, 0.25) is 0 Å². The average Bonchev–Trinajstić information content (AvgIpc) is 2.28. The number of fused-ring (bicyclic) bond motifs is 1. The van der Waals surface area contributed by atoms with E-state index in [-0.39, 0.29) is 6.10 Å². The first-order valence-electron chi connectivity index (χ1n) is 5.67. The van der Waals surface area contributed by atoms with E-state index in [4.69, 9.17) is 4.74 Å². The Hall–Kier alpha value is -1.02. The molecule has 0 radical (unpaired) electrons. The van der Waals surface area contributed by atoms with Crippen molar-refractivity contribution in [3.63, 3.8) is 0 Å². The van der Waals surface area contributed by atoms with E-state index < -0.39 is 0 Å². The van der Waals surface area contributed by atoms with Gasteiger partial charge in [-0.25, -0.2) is 0 Å². The molecule has 15 heavy (non-hydrogen) atoms. The van der Waals surface area contributed by atoms with Crippen molar-refractivity contribution in [2.24, 2.45) is 0 Å². The first kappa shape index (κ1) is 10.5. The van der Waals surface area contributed by atoms with E-state index >= 15 is 0 Å². The highest BCUT2D eigenvalue weighted by Gasteiger charge is 2.22. The van der Waals surface area contributed by atoms with E-state index in [1.54, 1.807) is 0 Å². The first-order chi connectivity index (χ1) is 7.24. The van der Waals surface area contributed by atoms with Crippen LogP contribution in [0.15, 0.2) is 18.2 Å². The van der Waals surface area contributed by atoms with Crippen molar-refractivity contribution in [1.82, 2.24) is 0 Å². The van der Waals surface area contributed by atoms with Crippen LogP contribution in [0.1, 0.15) is 49.8 Å². The van der Waals surface area contributed by atoms with Gasteiger partial charge in [-0.05, 0) is 17.9 Å². The summed E-state index contributed by atoms with van der Waals surface area (Å²) in [6, 6.07) is 6.08. The molecule has 0 amide bonds. The molecule has 1 aromatic carbocycles. The van der Waals surface area contributed by atoms with Gasteiger partial charge in [0.25, 0.3) is 0 Å². The predicted molar refractivity (Wildman–Crippen MR) is 60.2 cm³/mol. The van der Waals surface area contributed by atoms with Gasteiger partial charge in [0, 0.05) is 12.0 Å². The Kier molecular flexibility index (Phi) is 2.96. The van der Waals surface area contributed by atoms with Crippen molar-refractivity contribution in [3.05, 3.63) is 29.3 Å². The Balaban J connectivity index is 2.44. The Labute approximate surface area is 90.9 Å².